The maximum Gasteiger partial charge on any atom is 0.407 e. The van der Waals surface area contributed by atoms with Crippen molar-refractivity contribution in [2.45, 2.75) is 52.0 Å². The van der Waals surface area contributed by atoms with Crippen LogP contribution in [0.4, 0.5) is 4.79 Å². The molecular weight excluding hydrogens is 402 g/mol. The Morgan fingerprint density at radius 2 is 1.73 bits per heavy atom. The van der Waals surface area contributed by atoms with E-state index < -0.39 is 6.09 Å². The van der Waals surface area contributed by atoms with E-state index in [4.69, 9.17) is 21.1 Å². The molecule has 5 nitrogen and oxygen atoms in total. The molecule has 0 saturated carbocycles. The number of nitrogens with one attached hydrogen (secondary N) is 1. The topological polar surface area (TPSA) is 64.6 Å². The fraction of sp³-hybridized carbons (Fsp3) is 0.417. The number of halogens is 1. The van der Waals surface area contributed by atoms with Crippen LogP contribution in [0.5, 0.6) is 0 Å². The second kappa shape index (κ2) is 12.9. The molecule has 30 heavy (non-hydrogen) atoms. The maximum atomic E-state index is 12.2. The van der Waals surface area contributed by atoms with Crippen LogP contribution in [0, 0.1) is 0 Å². The summed E-state index contributed by atoms with van der Waals surface area (Å²) in [6.07, 6.45) is 2.72. The SMILES string of the molecule is CCCCOC(=O)NC(CCC(=O)OCCC)c1ccc(-c2cccc(Cl)c2)cc1. The number of esters is 1. The highest BCUT2D eigenvalue weighted by Gasteiger charge is 2.18. The minimum atomic E-state index is -0.478. The van der Waals surface area contributed by atoms with Crippen LogP contribution >= 0.6 is 11.6 Å². The number of amides is 1. The number of ether oxygens (including phenoxy) is 2. The van der Waals surface area contributed by atoms with Gasteiger partial charge in [-0.3, -0.25) is 4.79 Å². The number of hydrogen-bond donors (Lipinski definition) is 1. The second-order valence-corrected chi connectivity index (χ2v) is 7.51. The Bertz CT molecular complexity index is 807. The molecule has 2 aromatic carbocycles. The van der Waals surface area contributed by atoms with E-state index in [0.29, 0.717) is 24.7 Å². The summed E-state index contributed by atoms with van der Waals surface area (Å²) < 4.78 is 10.4. The predicted octanol–water partition coefficient (Wildman–Crippen LogP) is 6.31. The number of rotatable bonds is 11. The van der Waals surface area contributed by atoms with Crippen LogP contribution in [0.15, 0.2) is 48.5 Å². The summed E-state index contributed by atoms with van der Waals surface area (Å²) in [6.45, 7) is 4.77. The molecule has 0 aromatic heterocycles. The molecule has 0 saturated heterocycles. The van der Waals surface area contributed by atoms with Crippen LogP contribution in [0.25, 0.3) is 11.1 Å². The Morgan fingerprint density at radius 1 is 0.967 bits per heavy atom. The summed E-state index contributed by atoms with van der Waals surface area (Å²) >= 11 is 6.09. The minimum absolute atomic E-state index is 0.218. The van der Waals surface area contributed by atoms with Gasteiger partial charge in [-0.25, -0.2) is 4.79 Å². The van der Waals surface area contributed by atoms with Crippen molar-refractivity contribution < 1.29 is 19.1 Å². The maximum absolute atomic E-state index is 12.2. The highest BCUT2D eigenvalue weighted by atomic mass is 35.5. The van der Waals surface area contributed by atoms with Crippen molar-refractivity contribution >= 4 is 23.7 Å². The van der Waals surface area contributed by atoms with E-state index >= 15 is 0 Å². The number of unbranched alkanes of at least 4 members (excludes halogenated alkanes) is 1. The third-order valence-corrected chi connectivity index (χ3v) is 4.83. The quantitative estimate of drug-likeness (QED) is 0.334. The molecule has 1 N–H and O–H groups in total. The van der Waals surface area contributed by atoms with Crippen LogP contribution < -0.4 is 5.32 Å². The molecule has 2 aromatic rings. The molecule has 1 unspecified atom stereocenters. The Labute approximate surface area is 183 Å². The largest absolute Gasteiger partial charge is 0.466 e. The van der Waals surface area contributed by atoms with Crippen LogP contribution in [0.2, 0.25) is 5.02 Å². The normalized spacial score (nSPS) is 11.6. The molecule has 6 heteroatoms. The van der Waals surface area contributed by atoms with Crippen LogP contribution in [0.1, 0.15) is 57.6 Å². The molecule has 0 fully saturated rings. The van der Waals surface area contributed by atoms with Crippen molar-refractivity contribution in [1.82, 2.24) is 5.32 Å². The van der Waals surface area contributed by atoms with Gasteiger partial charge in [0.05, 0.1) is 19.3 Å². The molecular formula is C24H30ClNO4. The summed E-state index contributed by atoms with van der Waals surface area (Å²) in [5.41, 5.74) is 2.94. The number of hydrogen-bond acceptors (Lipinski definition) is 4. The van der Waals surface area contributed by atoms with Gasteiger partial charge < -0.3 is 14.8 Å². The zero-order chi connectivity index (χ0) is 21.8. The van der Waals surface area contributed by atoms with Crippen LogP contribution in [-0.2, 0) is 14.3 Å². The molecule has 1 atom stereocenters. The van der Waals surface area contributed by atoms with Crippen molar-refractivity contribution in [2.75, 3.05) is 13.2 Å². The molecule has 0 aliphatic rings. The molecule has 0 aliphatic heterocycles. The van der Waals surface area contributed by atoms with Gasteiger partial charge in [0.25, 0.3) is 0 Å². The van der Waals surface area contributed by atoms with Crippen molar-refractivity contribution in [3.63, 3.8) is 0 Å². The highest BCUT2D eigenvalue weighted by molar-refractivity contribution is 6.30. The number of carbonyl (C=O) groups is 2. The van der Waals surface area contributed by atoms with Gasteiger partial charge in [-0.1, -0.05) is 68.3 Å². The van der Waals surface area contributed by atoms with E-state index in [1.54, 1.807) is 0 Å². The van der Waals surface area contributed by atoms with Crippen molar-refractivity contribution in [1.29, 1.82) is 0 Å². The molecule has 0 spiro atoms. The van der Waals surface area contributed by atoms with Crippen LogP contribution in [0.3, 0.4) is 0 Å². The second-order valence-electron chi connectivity index (χ2n) is 7.08. The predicted molar refractivity (Wildman–Crippen MR) is 120 cm³/mol. The Hall–Kier alpha value is -2.53. The average Bonchev–Trinajstić information content (AvgIpc) is 2.75. The lowest BCUT2D eigenvalue weighted by atomic mass is 9.98. The zero-order valence-corrected chi connectivity index (χ0v) is 18.4. The summed E-state index contributed by atoms with van der Waals surface area (Å²) in [6, 6.07) is 15.1. The summed E-state index contributed by atoms with van der Waals surface area (Å²) in [5, 5.41) is 3.56. The fourth-order valence-corrected chi connectivity index (χ4v) is 3.13. The highest BCUT2D eigenvalue weighted by Crippen LogP contribution is 2.26. The smallest absolute Gasteiger partial charge is 0.407 e. The molecule has 0 heterocycles. The number of benzene rings is 2. The van der Waals surface area contributed by atoms with Gasteiger partial charge in [-0.15, -0.1) is 0 Å². The molecule has 1 amide bonds. The molecule has 0 bridgehead atoms. The first-order valence-corrected chi connectivity index (χ1v) is 10.9. The lowest BCUT2D eigenvalue weighted by Gasteiger charge is -2.19. The summed E-state index contributed by atoms with van der Waals surface area (Å²) in [5.74, 6) is -0.265. The number of carbonyl (C=O) groups excluding carboxylic acids is 2. The first-order chi connectivity index (χ1) is 14.5. The van der Waals surface area contributed by atoms with E-state index in [1.165, 1.54) is 0 Å². The van der Waals surface area contributed by atoms with E-state index in [2.05, 4.69) is 5.32 Å². The molecule has 0 aliphatic carbocycles. The van der Waals surface area contributed by atoms with Crippen molar-refractivity contribution in [3.8, 4) is 11.1 Å². The third kappa shape index (κ3) is 8.07. The fourth-order valence-electron chi connectivity index (χ4n) is 2.94. The Balaban J connectivity index is 2.09. The Kier molecular flexibility index (Phi) is 10.2. The van der Waals surface area contributed by atoms with Gasteiger partial charge >= 0.3 is 12.1 Å². The molecule has 2 rings (SSSR count). The lowest BCUT2D eigenvalue weighted by molar-refractivity contribution is -0.143. The zero-order valence-electron chi connectivity index (χ0n) is 17.7. The van der Waals surface area contributed by atoms with Crippen LogP contribution in [-0.4, -0.2) is 25.3 Å². The van der Waals surface area contributed by atoms with E-state index in [1.807, 2.05) is 62.4 Å². The standard InChI is InChI=1S/C24H30ClNO4/c1-3-5-16-30-24(28)26-22(13-14-23(27)29-15-4-2)19-11-9-18(10-12-19)20-7-6-8-21(25)17-20/h6-12,17,22H,3-5,13-16H2,1-2H3,(H,26,28). The minimum Gasteiger partial charge on any atom is -0.466 e. The third-order valence-electron chi connectivity index (χ3n) is 4.60. The van der Waals surface area contributed by atoms with Crippen molar-refractivity contribution in [3.05, 3.63) is 59.1 Å². The first kappa shape index (κ1) is 23.7. The summed E-state index contributed by atoms with van der Waals surface area (Å²) in [4.78, 5) is 24.1. The van der Waals surface area contributed by atoms with Gasteiger partial charge in [0.15, 0.2) is 0 Å². The van der Waals surface area contributed by atoms with E-state index in [9.17, 15) is 9.59 Å². The average molecular weight is 432 g/mol. The molecule has 162 valence electrons. The van der Waals surface area contributed by atoms with E-state index in [-0.39, 0.29) is 18.4 Å². The lowest BCUT2D eigenvalue weighted by Crippen LogP contribution is -2.30. The van der Waals surface area contributed by atoms with Gasteiger partial charge in [-0.05, 0) is 48.1 Å². The Morgan fingerprint density at radius 3 is 2.40 bits per heavy atom. The van der Waals surface area contributed by atoms with Gasteiger partial charge in [0, 0.05) is 11.4 Å². The summed E-state index contributed by atoms with van der Waals surface area (Å²) in [7, 11) is 0. The monoisotopic (exact) mass is 431 g/mol. The van der Waals surface area contributed by atoms with Gasteiger partial charge in [-0.2, -0.15) is 0 Å². The van der Waals surface area contributed by atoms with Crippen molar-refractivity contribution in [2.24, 2.45) is 0 Å². The van der Waals surface area contributed by atoms with Gasteiger partial charge in [0.2, 0.25) is 0 Å². The number of alkyl carbamates (subject to hydrolysis) is 1. The molecule has 0 radical (unpaired) electrons. The first-order valence-electron chi connectivity index (χ1n) is 10.5. The van der Waals surface area contributed by atoms with Gasteiger partial charge in [0.1, 0.15) is 0 Å². The van der Waals surface area contributed by atoms with E-state index in [0.717, 1.165) is 36.0 Å².